The first-order valence-electron chi connectivity index (χ1n) is 7.82. The molecule has 2 aromatic carbocycles. The van der Waals surface area contributed by atoms with Gasteiger partial charge >= 0.3 is 6.18 Å². The van der Waals surface area contributed by atoms with Crippen molar-refractivity contribution in [2.45, 2.75) is 18.3 Å². The van der Waals surface area contributed by atoms with Gasteiger partial charge in [-0.05, 0) is 24.6 Å². The molecule has 0 atom stereocenters. The van der Waals surface area contributed by atoms with Crippen LogP contribution in [0.1, 0.15) is 16.7 Å². The van der Waals surface area contributed by atoms with Gasteiger partial charge in [0.15, 0.2) is 5.82 Å². The van der Waals surface area contributed by atoms with Crippen LogP contribution < -0.4 is 0 Å². The van der Waals surface area contributed by atoms with Gasteiger partial charge in [0.1, 0.15) is 0 Å². The third-order valence-electron chi connectivity index (χ3n) is 4.00. The van der Waals surface area contributed by atoms with Crippen molar-refractivity contribution in [3.8, 4) is 11.4 Å². The molecule has 0 amide bonds. The molecule has 3 aromatic rings. The van der Waals surface area contributed by atoms with Crippen LogP contribution >= 0.6 is 11.8 Å². The Labute approximate surface area is 151 Å². The summed E-state index contributed by atoms with van der Waals surface area (Å²) in [6.07, 6.45) is -4.38. The fraction of sp³-hybridized carbons (Fsp3) is 0.167. The molecule has 4 nitrogen and oxygen atoms in total. The monoisotopic (exact) mass is 374 g/mol. The first-order chi connectivity index (χ1) is 12.4. The lowest BCUT2D eigenvalue weighted by atomic mass is 10.1. The smallest absolute Gasteiger partial charge is 0.187 e. The van der Waals surface area contributed by atoms with E-state index in [0.29, 0.717) is 28.0 Å². The highest BCUT2D eigenvalue weighted by molar-refractivity contribution is 7.99. The summed E-state index contributed by atoms with van der Waals surface area (Å²) < 4.78 is 40.5. The maximum atomic E-state index is 13.0. The van der Waals surface area contributed by atoms with Crippen LogP contribution in [0.5, 0.6) is 0 Å². The van der Waals surface area contributed by atoms with Crippen LogP contribution in [0.2, 0.25) is 0 Å². The second-order valence-corrected chi connectivity index (χ2v) is 6.84. The second kappa shape index (κ2) is 6.28. The first-order valence-corrected chi connectivity index (χ1v) is 8.81. The van der Waals surface area contributed by atoms with Gasteiger partial charge in [-0.15, -0.1) is 10.2 Å². The molecular formula is C18H13F3N4S. The number of benzene rings is 2. The molecule has 8 heteroatoms. The van der Waals surface area contributed by atoms with Crippen molar-refractivity contribution in [3.63, 3.8) is 0 Å². The Kier molecular flexibility index (Phi) is 4.07. The zero-order valence-corrected chi connectivity index (χ0v) is 14.5. The Morgan fingerprint density at radius 1 is 1.00 bits per heavy atom. The molecule has 0 spiro atoms. The van der Waals surface area contributed by atoms with Gasteiger partial charge in [-0.3, -0.25) is 0 Å². The number of fused-ring (bicyclic) bond motifs is 1. The number of halogens is 3. The average Bonchev–Trinajstić information content (AvgIpc) is 3.05. The third kappa shape index (κ3) is 3.12. The molecule has 0 radical (unpaired) electrons. The summed E-state index contributed by atoms with van der Waals surface area (Å²) in [6.45, 7) is 1.99. The predicted octanol–water partition coefficient (Wildman–Crippen LogP) is 4.63. The van der Waals surface area contributed by atoms with E-state index in [-0.39, 0.29) is 0 Å². The van der Waals surface area contributed by atoms with Gasteiger partial charge in [0.05, 0.1) is 11.3 Å². The van der Waals surface area contributed by atoms with E-state index < -0.39 is 11.7 Å². The Morgan fingerprint density at radius 2 is 1.77 bits per heavy atom. The lowest BCUT2D eigenvalue weighted by Gasteiger charge is -2.15. The predicted molar refractivity (Wildman–Crippen MR) is 94.3 cm³/mol. The van der Waals surface area contributed by atoms with E-state index in [1.807, 2.05) is 31.2 Å². The molecule has 1 aliphatic rings. The lowest BCUT2D eigenvalue weighted by Crippen LogP contribution is -2.15. The second-order valence-electron chi connectivity index (χ2n) is 5.90. The van der Waals surface area contributed by atoms with Crippen molar-refractivity contribution in [1.82, 2.24) is 14.9 Å². The summed E-state index contributed by atoms with van der Waals surface area (Å²) in [4.78, 5) is 0. The molecule has 0 saturated carbocycles. The number of alkyl halides is 3. The summed E-state index contributed by atoms with van der Waals surface area (Å²) in [5.74, 6) is 1.00. The molecule has 0 aliphatic carbocycles. The van der Waals surface area contributed by atoms with Gasteiger partial charge in [0.2, 0.25) is 5.16 Å². The normalized spacial score (nSPS) is 14.1. The van der Waals surface area contributed by atoms with E-state index in [4.69, 9.17) is 0 Å². The zero-order valence-electron chi connectivity index (χ0n) is 13.7. The van der Waals surface area contributed by atoms with Crippen LogP contribution in [-0.4, -0.2) is 26.3 Å². The van der Waals surface area contributed by atoms with Crippen LogP contribution in [0.15, 0.2) is 58.8 Å². The maximum Gasteiger partial charge on any atom is 0.416 e. The van der Waals surface area contributed by atoms with Gasteiger partial charge in [-0.25, -0.2) is 0 Å². The maximum absolute atomic E-state index is 13.0. The van der Waals surface area contributed by atoms with Gasteiger partial charge in [-0.1, -0.05) is 53.7 Å². The van der Waals surface area contributed by atoms with E-state index >= 15 is 0 Å². The molecule has 0 saturated heterocycles. The number of nitrogens with zero attached hydrogens (tertiary/aromatic N) is 4. The van der Waals surface area contributed by atoms with Crippen molar-refractivity contribution in [3.05, 3.63) is 65.2 Å². The Morgan fingerprint density at radius 3 is 2.50 bits per heavy atom. The Hall–Kier alpha value is -2.61. The minimum absolute atomic E-state index is 0.438. The standard InChI is InChI=1S/C18H13F3N4S/c1-11-5-7-12(8-6-11)16-22-23-17-25(16)24-15(10-26-17)13-3-2-4-14(9-13)18(19,20)21/h2-9H,10H2,1H3. The number of rotatable bonds is 2. The van der Waals surface area contributed by atoms with Crippen LogP contribution in [0.4, 0.5) is 13.2 Å². The number of hydrogen-bond donors (Lipinski definition) is 0. The topological polar surface area (TPSA) is 43.1 Å². The van der Waals surface area contributed by atoms with Crippen molar-refractivity contribution >= 4 is 17.5 Å². The molecule has 0 N–H and O–H groups in total. The highest BCUT2D eigenvalue weighted by Crippen LogP contribution is 2.32. The number of aryl methyl sites for hydroxylation is 1. The largest absolute Gasteiger partial charge is 0.416 e. The summed E-state index contributed by atoms with van der Waals surface area (Å²) in [7, 11) is 0. The van der Waals surface area contributed by atoms with Crippen molar-refractivity contribution < 1.29 is 13.2 Å². The number of thioether (sulfide) groups is 1. The molecule has 1 aromatic heterocycles. The minimum Gasteiger partial charge on any atom is -0.187 e. The molecule has 0 fully saturated rings. The molecule has 0 unspecified atom stereocenters. The van der Waals surface area contributed by atoms with Crippen LogP contribution in [0, 0.1) is 6.92 Å². The molecule has 0 bridgehead atoms. The molecule has 132 valence electrons. The summed E-state index contributed by atoms with van der Waals surface area (Å²) >= 11 is 1.40. The molecule has 4 rings (SSSR count). The van der Waals surface area contributed by atoms with Crippen molar-refractivity contribution in [2.24, 2.45) is 5.10 Å². The molecular weight excluding hydrogens is 361 g/mol. The first kappa shape index (κ1) is 16.8. The fourth-order valence-corrected chi connectivity index (χ4v) is 3.47. The summed E-state index contributed by atoms with van der Waals surface area (Å²) in [6, 6.07) is 13.0. The van der Waals surface area contributed by atoms with E-state index in [0.717, 1.165) is 23.3 Å². The number of hydrogen-bond acceptors (Lipinski definition) is 4. The van der Waals surface area contributed by atoms with Crippen molar-refractivity contribution in [2.75, 3.05) is 5.75 Å². The van der Waals surface area contributed by atoms with Gasteiger partial charge < -0.3 is 0 Å². The summed E-state index contributed by atoms with van der Waals surface area (Å²) in [5.41, 5.74) is 2.29. The van der Waals surface area contributed by atoms with Gasteiger partial charge in [-0.2, -0.15) is 22.9 Å². The highest BCUT2D eigenvalue weighted by Gasteiger charge is 2.31. The van der Waals surface area contributed by atoms with E-state index in [2.05, 4.69) is 15.3 Å². The minimum atomic E-state index is -4.38. The van der Waals surface area contributed by atoms with E-state index in [1.165, 1.54) is 17.8 Å². The fourth-order valence-electron chi connectivity index (χ4n) is 2.63. The van der Waals surface area contributed by atoms with E-state index in [9.17, 15) is 13.2 Å². The van der Waals surface area contributed by atoms with Crippen LogP contribution in [0.25, 0.3) is 11.4 Å². The van der Waals surface area contributed by atoms with Gasteiger partial charge in [0.25, 0.3) is 0 Å². The average molecular weight is 374 g/mol. The van der Waals surface area contributed by atoms with Gasteiger partial charge in [0, 0.05) is 11.3 Å². The molecule has 2 heterocycles. The van der Waals surface area contributed by atoms with Crippen LogP contribution in [0.3, 0.4) is 0 Å². The SMILES string of the molecule is Cc1ccc(-c2nnc3n2N=C(c2cccc(C(F)(F)F)c2)CS3)cc1. The Balaban J connectivity index is 1.76. The highest BCUT2D eigenvalue weighted by atomic mass is 32.2. The Bertz CT molecular complexity index is 990. The summed E-state index contributed by atoms with van der Waals surface area (Å²) in [5, 5.41) is 13.5. The number of aromatic nitrogens is 3. The molecule has 26 heavy (non-hydrogen) atoms. The quantitative estimate of drug-likeness (QED) is 0.657. The zero-order chi connectivity index (χ0) is 18.3. The van der Waals surface area contributed by atoms with E-state index in [1.54, 1.807) is 10.7 Å². The van der Waals surface area contributed by atoms with Crippen LogP contribution in [-0.2, 0) is 6.18 Å². The third-order valence-corrected chi connectivity index (χ3v) is 4.93. The lowest BCUT2D eigenvalue weighted by molar-refractivity contribution is -0.137. The van der Waals surface area contributed by atoms with Crippen molar-refractivity contribution in [1.29, 1.82) is 0 Å². The molecule has 1 aliphatic heterocycles.